The zero-order chi connectivity index (χ0) is 27.2. The van der Waals surface area contributed by atoms with Crippen molar-refractivity contribution in [3.8, 4) is 17.2 Å². The molecule has 0 aliphatic rings. The molecule has 0 saturated heterocycles. The number of hydrogen-bond donors (Lipinski definition) is 3. The molecule has 0 fully saturated rings. The molecule has 0 unspecified atom stereocenters. The Morgan fingerprint density at radius 1 is 1.00 bits per heavy atom. The second-order valence-corrected chi connectivity index (χ2v) is 8.87. The van der Waals surface area contributed by atoms with E-state index in [4.69, 9.17) is 14.2 Å². The number of methoxy groups -OCH3 is 3. The largest absolute Gasteiger partial charge is 0.493 e. The number of benzene rings is 3. The molecule has 0 aliphatic heterocycles. The third kappa shape index (κ3) is 5.87. The molecule has 0 aliphatic carbocycles. The van der Waals surface area contributed by atoms with Gasteiger partial charge in [0, 0.05) is 11.6 Å². The fraction of sp³-hybridized carbons (Fsp3) is 0.130. The van der Waals surface area contributed by atoms with Gasteiger partial charge in [-0.3, -0.25) is 20.3 Å². The number of carboxylic acid groups (broad SMARTS) is 1. The summed E-state index contributed by atoms with van der Waals surface area (Å²) >= 11 is 0. The summed E-state index contributed by atoms with van der Waals surface area (Å²) in [6.45, 7) is 0. The van der Waals surface area contributed by atoms with Crippen molar-refractivity contribution in [3.63, 3.8) is 0 Å². The van der Waals surface area contributed by atoms with Crippen molar-refractivity contribution in [1.29, 1.82) is 0 Å². The normalized spacial score (nSPS) is 11.1. The molecule has 3 aromatic carbocycles. The number of nitrogens with zero attached hydrogens (tertiary/aromatic N) is 2. The smallest absolute Gasteiger partial charge is 0.337 e. The third-order valence-corrected chi connectivity index (χ3v) is 6.36. The predicted octanol–water partition coefficient (Wildman–Crippen LogP) is 3.57. The zero-order valence-corrected chi connectivity index (χ0v) is 20.6. The van der Waals surface area contributed by atoms with Crippen LogP contribution in [0.1, 0.15) is 15.9 Å². The minimum atomic E-state index is -4.36. The van der Waals surface area contributed by atoms with E-state index in [1.807, 2.05) is 0 Å². The molecule has 14 heteroatoms. The topological polar surface area (TPSA) is 179 Å². The maximum Gasteiger partial charge on any atom is 0.337 e. The summed E-state index contributed by atoms with van der Waals surface area (Å²) in [5.74, 6) is -0.271. The van der Waals surface area contributed by atoms with E-state index in [-0.39, 0.29) is 16.9 Å². The summed E-state index contributed by atoms with van der Waals surface area (Å²) in [5, 5.41) is 24.9. The van der Waals surface area contributed by atoms with Crippen molar-refractivity contribution < 1.29 is 37.5 Å². The molecule has 0 spiro atoms. The van der Waals surface area contributed by atoms with Crippen molar-refractivity contribution >= 4 is 39.3 Å². The van der Waals surface area contributed by atoms with Crippen molar-refractivity contribution in [2.75, 3.05) is 31.5 Å². The van der Waals surface area contributed by atoms with Crippen LogP contribution in [0, 0.1) is 10.1 Å². The number of rotatable bonds is 11. The van der Waals surface area contributed by atoms with Crippen molar-refractivity contribution in [2.45, 2.75) is 4.90 Å². The van der Waals surface area contributed by atoms with Crippen LogP contribution < -0.4 is 24.4 Å². The highest BCUT2D eigenvalue weighted by atomic mass is 32.2. The lowest BCUT2D eigenvalue weighted by Crippen LogP contribution is -2.16. The molecule has 194 valence electrons. The van der Waals surface area contributed by atoms with Gasteiger partial charge in [0.2, 0.25) is 5.75 Å². The summed E-state index contributed by atoms with van der Waals surface area (Å²) in [4.78, 5) is 21.8. The second-order valence-electron chi connectivity index (χ2n) is 7.19. The Hall–Kier alpha value is -4.85. The molecular formula is C23H22N4O9S. The average Bonchev–Trinajstić information content (AvgIpc) is 2.88. The van der Waals surface area contributed by atoms with Gasteiger partial charge in [-0.2, -0.15) is 5.10 Å². The van der Waals surface area contributed by atoms with E-state index >= 15 is 0 Å². The molecule has 0 aromatic heterocycles. The van der Waals surface area contributed by atoms with Crippen LogP contribution in [0.15, 0.2) is 64.6 Å². The van der Waals surface area contributed by atoms with Crippen LogP contribution in [-0.4, -0.2) is 52.0 Å². The summed E-state index contributed by atoms with van der Waals surface area (Å²) in [7, 11) is -0.0232. The molecule has 3 aromatic rings. The van der Waals surface area contributed by atoms with Gasteiger partial charge in [0.05, 0.1) is 48.6 Å². The van der Waals surface area contributed by atoms with Crippen molar-refractivity contribution in [1.82, 2.24) is 0 Å². The van der Waals surface area contributed by atoms with Gasteiger partial charge in [-0.05, 0) is 36.4 Å². The van der Waals surface area contributed by atoms with E-state index in [9.17, 15) is 28.4 Å². The van der Waals surface area contributed by atoms with E-state index in [1.165, 1.54) is 57.9 Å². The minimum Gasteiger partial charge on any atom is -0.493 e. The summed E-state index contributed by atoms with van der Waals surface area (Å²) in [6, 6.07) is 11.8. The van der Waals surface area contributed by atoms with Crippen LogP contribution in [0.4, 0.5) is 17.1 Å². The van der Waals surface area contributed by atoms with E-state index in [1.54, 1.807) is 12.1 Å². The number of nitrogens with one attached hydrogen (secondary N) is 2. The number of nitro benzene ring substituents is 1. The van der Waals surface area contributed by atoms with E-state index in [0.717, 1.165) is 12.1 Å². The quantitative estimate of drug-likeness (QED) is 0.188. The first-order chi connectivity index (χ1) is 17.6. The van der Waals surface area contributed by atoms with E-state index in [0.29, 0.717) is 22.8 Å². The molecule has 0 atom stereocenters. The standard InChI is InChI=1S/C23H22N4O9S/c1-34-20-11-8-14(21(35-2)22(20)36-3)13-24-25-18-10-9-15(12-19(18)27(30)31)37(32,33)26-17-7-5-4-6-16(17)23(28)29/h4-13,25-26H,1-3H3,(H,28,29). The highest BCUT2D eigenvalue weighted by molar-refractivity contribution is 7.92. The van der Waals surface area contributed by atoms with Crippen LogP contribution in [0.5, 0.6) is 17.2 Å². The summed E-state index contributed by atoms with van der Waals surface area (Å²) in [6.07, 6.45) is 1.33. The lowest BCUT2D eigenvalue weighted by Gasteiger charge is -2.13. The molecule has 0 bridgehead atoms. The first kappa shape index (κ1) is 26.7. The maximum atomic E-state index is 12.8. The van der Waals surface area contributed by atoms with Crippen LogP contribution in [0.3, 0.4) is 0 Å². The molecule has 0 radical (unpaired) electrons. The molecule has 0 heterocycles. The highest BCUT2D eigenvalue weighted by Crippen LogP contribution is 2.39. The number of carbonyl (C=O) groups is 1. The number of nitro groups is 1. The molecule has 0 saturated carbocycles. The van der Waals surface area contributed by atoms with Gasteiger partial charge in [-0.1, -0.05) is 12.1 Å². The Bertz CT molecular complexity index is 1470. The van der Waals surface area contributed by atoms with Gasteiger partial charge < -0.3 is 19.3 Å². The number of carboxylic acids is 1. The number of sulfonamides is 1. The minimum absolute atomic E-state index is 0.0921. The fourth-order valence-corrected chi connectivity index (χ4v) is 4.38. The second kappa shape index (κ2) is 11.3. The van der Waals surface area contributed by atoms with Crippen LogP contribution >= 0.6 is 0 Å². The van der Waals surface area contributed by atoms with Gasteiger partial charge in [0.15, 0.2) is 11.5 Å². The van der Waals surface area contributed by atoms with E-state index in [2.05, 4.69) is 15.2 Å². The number of aromatic carboxylic acids is 1. The number of hydrazone groups is 1. The van der Waals surface area contributed by atoms with Crippen LogP contribution in [0.2, 0.25) is 0 Å². The average molecular weight is 531 g/mol. The predicted molar refractivity (Wildman–Crippen MR) is 135 cm³/mol. The van der Waals surface area contributed by atoms with Gasteiger partial charge in [0.25, 0.3) is 15.7 Å². The molecule has 3 rings (SSSR count). The van der Waals surface area contributed by atoms with Gasteiger partial charge in [0.1, 0.15) is 5.69 Å². The van der Waals surface area contributed by atoms with Gasteiger partial charge >= 0.3 is 5.97 Å². The monoisotopic (exact) mass is 530 g/mol. The van der Waals surface area contributed by atoms with Gasteiger partial charge in [-0.15, -0.1) is 0 Å². The Kier molecular flexibility index (Phi) is 8.14. The Labute approximate surface area is 211 Å². The lowest BCUT2D eigenvalue weighted by atomic mass is 10.2. The highest BCUT2D eigenvalue weighted by Gasteiger charge is 2.23. The molecule has 37 heavy (non-hydrogen) atoms. The third-order valence-electron chi connectivity index (χ3n) is 5.00. The number of hydrogen-bond acceptors (Lipinski definition) is 10. The van der Waals surface area contributed by atoms with Crippen molar-refractivity contribution in [2.24, 2.45) is 5.10 Å². The first-order valence-electron chi connectivity index (χ1n) is 10.3. The fourth-order valence-electron chi connectivity index (χ4n) is 3.28. The molecule has 0 amide bonds. The van der Waals surface area contributed by atoms with E-state index < -0.39 is 31.5 Å². The molecule has 13 nitrogen and oxygen atoms in total. The Morgan fingerprint density at radius 3 is 2.32 bits per heavy atom. The summed E-state index contributed by atoms with van der Waals surface area (Å²) < 4.78 is 43.7. The SMILES string of the molecule is COc1ccc(C=NNc2ccc(S(=O)(=O)Nc3ccccc3C(=O)O)cc2[N+](=O)[O-])c(OC)c1OC. The molecular weight excluding hydrogens is 508 g/mol. The molecule has 3 N–H and O–H groups in total. The lowest BCUT2D eigenvalue weighted by molar-refractivity contribution is -0.384. The number of ether oxygens (including phenoxy) is 3. The zero-order valence-electron chi connectivity index (χ0n) is 19.8. The number of para-hydroxylation sites is 1. The first-order valence-corrected chi connectivity index (χ1v) is 11.8. The number of anilines is 2. The summed E-state index contributed by atoms with van der Waals surface area (Å²) in [5.41, 5.74) is 1.85. The Morgan fingerprint density at radius 2 is 1.70 bits per heavy atom. The van der Waals surface area contributed by atoms with Crippen molar-refractivity contribution in [3.05, 3.63) is 75.8 Å². The maximum absolute atomic E-state index is 12.8. The van der Waals surface area contributed by atoms with Crippen LogP contribution in [-0.2, 0) is 10.0 Å². The van der Waals surface area contributed by atoms with Crippen LogP contribution in [0.25, 0.3) is 0 Å². The van der Waals surface area contributed by atoms with Gasteiger partial charge in [-0.25, -0.2) is 13.2 Å². The Balaban J connectivity index is 1.90.